The summed E-state index contributed by atoms with van der Waals surface area (Å²) in [5, 5.41) is 6.00. The Hall–Kier alpha value is -5.12. The molecule has 2 heterocycles. The van der Waals surface area contributed by atoms with E-state index in [0.29, 0.717) is 12.1 Å². The van der Waals surface area contributed by atoms with E-state index < -0.39 is 5.91 Å². The molecule has 1 aliphatic heterocycles. The first-order chi connectivity index (χ1) is 21.2. The highest BCUT2D eigenvalue weighted by Crippen LogP contribution is 2.35. The van der Waals surface area contributed by atoms with Gasteiger partial charge in [0.05, 0.1) is 11.7 Å². The second-order valence-electron chi connectivity index (χ2n) is 11.5. The average Bonchev–Trinajstić information content (AvgIpc) is 3.33. The van der Waals surface area contributed by atoms with Gasteiger partial charge in [-0.15, -0.1) is 0 Å². The molecule has 1 atom stereocenters. The number of carbonyl (C=O) groups excluding carboxylic acids is 3. The Kier molecular flexibility index (Phi) is 7.82. The molecule has 2 amide bonds. The zero-order valence-corrected chi connectivity index (χ0v) is 24.9. The maximum atomic E-state index is 13.1. The summed E-state index contributed by atoms with van der Waals surface area (Å²) in [5.74, 6) is -0.924. The van der Waals surface area contributed by atoms with Crippen LogP contribution in [0.25, 0.3) is 0 Å². The molecule has 3 aromatic rings. The fourth-order valence-corrected chi connectivity index (χ4v) is 6.39. The molecule has 0 saturated heterocycles. The van der Waals surface area contributed by atoms with Gasteiger partial charge in [0.15, 0.2) is 0 Å². The summed E-state index contributed by atoms with van der Waals surface area (Å²) in [4.78, 5) is 52.6. The number of ketones is 1. The van der Waals surface area contributed by atoms with Crippen LogP contribution in [0.5, 0.6) is 0 Å². The van der Waals surface area contributed by atoms with Crippen molar-refractivity contribution in [3.63, 3.8) is 0 Å². The van der Waals surface area contributed by atoms with Gasteiger partial charge in [0, 0.05) is 44.5 Å². The number of hydrogen-bond donors (Lipinski definition) is 3. The van der Waals surface area contributed by atoms with Gasteiger partial charge >= 0.3 is 0 Å². The Balaban J connectivity index is 1.10. The second kappa shape index (κ2) is 11.9. The fraction of sp³-hybridized carbons (Fsp3) is 0.294. The number of fused-ring (bicyclic) bond motifs is 2. The van der Waals surface area contributed by atoms with Crippen molar-refractivity contribution < 1.29 is 14.4 Å². The molecule has 1 aromatic heterocycles. The largest absolute Gasteiger partial charge is 0.394 e. The Labute approximate surface area is 256 Å². The van der Waals surface area contributed by atoms with Gasteiger partial charge in [0.1, 0.15) is 23.4 Å². The number of amides is 2. The van der Waals surface area contributed by atoms with Crippen LogP contribution < -0.4 is 16.4 Å². The van der Waals surface area contributed by atoms with Crippen LogP contribution in [0.15, 0.2) is 71.3 Å². The van der Waals surface area contributed by atoms with Gasteiger partial charge in [-0.2, -0.15) is 0 Å². The number of nitrogens with zero attached hydrogens (tertiary/aromatic N) is 4. The fourth-order valence-electron chi connectivity index (χ4n) is 6.39. The SMILES string of the molecule is C=C1C(=O)C(N)=C1N1CCCc2ccc(CNC(=O)c3cc(C(=O)NC4CCc5c4ccc(C=NC)c5C)ncn3)cc2C1. The van der Waals surface area contributed by atoms with Crippen molar-refractivity contribution in [1.82, 2.24) is 25.5 Å². The van der Waals surface area contributed by atoms with Crippen LogP contribution in [-0.2, 0) is 30.7 Å². The molecular formula is C34H35N7O3. The maximum Gasteiger partial charge on any atom is 0.270 e. The molecule has 44 heavy (non-hydrogen) atoms. The molecule has 10 nitrogen and oxygen atoms in total. The van der Waals surface area contributed by atoms with Crippen LogP contribution in [0, 0.1) is 6.92 Å². The number of nitrogens with two attached hydrogens (primary N) is 1. The van der Waals surface area contributed by atoms with E-state index in [9.17, 15) is 14.4 Å². The molecule has 2 aliphatic carbocycles. The van der Waals surface area contributed by atoms with E-state index in [1.54, 1.807) is 7.05 Å². The summed E-state index contributed by atoms with van der Waals surface area (Å²) >= 11 is 0. The molecule has 2 aromatic carbocycles. The first-order valence-electron chi connectivity index (χ1n) is 14.8. The Morgan fingerprint density at radius 1 is 1.11 bits per heavy atom. The Morgan fingerprint density at radius 3 is 2.68 bits per heavy atom. The lowest BCUT2D eigenvalue weighted by molar-refractivity contribution is -0.113. The third kappa shape index (κ3) is 5.39. The molecule has 6 rings (SSSR count). The van der Waals surface area contributed by atoms with E-state index in [2.05, 4.69) is 56.1 Å². The van der Waals surface area contributed by atoms with Crippen LogP contribution >= 0.6 is 0 Å². The average molecular weight is 590 g/mol. The first-order valence-corrected chi connectivity index (χ1v) is 14.8. The predicted molar refractivity (Wildman–Crippen MR) is 167 cm³/mol. The Bertz CT molecular complexity index is 1770. The Morgan fingerprint density at radius 2 is 1.91 bits per heavy atom. The molecule has 0 spiro atoms. The summed E-state index contributed by atoms with van der Waals surface area (Å²) in [7, 11) is 1.75. The van der Waals surface area contributed by atoms with Crippen LogP contribution in [0.1, 0.15) is 78.8 Å². The molecular weight excluding hydrogens is 554 g/mol. The maximum absolute atomic E-state index is 13.1. The minimum atomic E-state index is -0.396. The quantitative estimate of drug-likeness (QED) is 0.284. The van der Waals surface area contributed by atoms with Crippen LogP contribution in [0.3, 0.4) is 0 Å². The van der Waals surface area contributed by atoms with Gasteiger partial charge < -0.3 is 21.3 Å². The third-order valence-electron chi connectivity index (χ3n) is 8.78. The normalized spacial score (nSPS) is 17.7. The van der Waals surface area contributed by atoms with Gasteiger partial charge in [-0.3, -0.25) is 19.4 Å². The van der Waals surface area contributed by atoms with Crippen molar-refractivity contribution in [2.75, 3.05) is 13.6 Å². The van der Waals surface area contributed by atoms with E-state index >= 15 is 0 Å². The number of benzene rings is 2. The van der Waals surface area contributed by atoms with E-state index in [1.165, 1.54) is 29.1 Å². The van der Waals surface area contributed by atoms with Gasteiger partial charge in [0.25, 0.3) is 11.8 Å². The van der Waals surface area contributed by atoms with Gasteiger partial charge in [-0.25, -0.2) is 9.97 Å². The summed E-state index contributed by atoms with van der Waals surface area (Å²) in [6.45, 7) is 7.65. The van der Waals surface area contributed by atoms with Gasteiger partial charge in [0.2, 0.25) is 5.78 Å². The minimum absolute atomic E-state index is 0.118. The lowest BCUT2D eigenvalue weighted by Gasteiger charge is -2.33. The number of rotatable bonds is 7. The number of allylic oxidation sites excluding steroid dienone is 2. The zero-order chi connectivity index (χ0) is 31.0. The second-order valence-corrected chi connectivity index (χ2v) is 11.5. The van der Waals surface area contributed by atoms with Crippen LogP contribution in [-0.4, -0.2) is 52.3 Å². The lowest BCUT2D eigenvalue weighted by atomic mass is 9.92. The van der Waals surface area contributed by atoms with E-state index in [1.807, 2.05) is 24.4 Å². The highest BCUT2D eigenvalue weighted by molar-refractivity contribution is 6.18. The topological polar surface area (TPSA) is 143 Å². The number of aromatic nitrogens is 2. The molecule has 3 aliphatic rings. The molecule has 4 N–H and O–H groups in total. The van der Waals surface area contributed by atoms with Crippen molar-refractivity contribution >= 4 is 23.8 Å². The van der Waals surface area contributed by atoms with Crippen molar-refractivity contribution in [2.24, 2.45) is 10.7 Å². The van der Waals surface area contributed by atoms with Crippen LogP contribution in [0.4, 0.5) is 0 Å². The third-order valence-corrected chi connectivity index (χ3v) is 8.78. The van der Waals surface area contributed by atoms with Crippen molar-refractivity contribution in [2.45, 2.75) is 51.7 Å². The number of hydrogen-bond acceptors (Lipinski definition) is 8. The van der Waals surface area contributed by atoms with Crippen molar-refractivity contribution in [3.8, 4) is 0 Å². The van der Waals surface area contributed by atoms with Gasteiger partial charge in [-0.1, -0.05) is 36.9 Å². The number of aliphatic imine (C=N–C) groups is 1. The van der Waals surface area contributed by atoms with Crippen molar-refractivity contribution in [3.05, 3.63) is 117 Å². The summed E-state index contributed by atoms with van der Waals surface area (Å²) in [6, 6.07) is 11.5. The monoisotopic (exact) mass is 589 g/mol. The van der Waals surface area contributed by atoms with E-state index in [0.717, 1.165) is 60.2 Å². The first kappa shape index (κ1) is 29.0. The van der Waals surface area contributed by atoms with Crippen molar-refractivity contribution in [1.29, 1.82) is 0 Å². The zero-order valence-electron chi connectivity index (χ0n) is 24.9. The highest BCUT2D eigenvalue weighted by Gasteiger charge is 2.34. The standard InChI is InChI=1S/C34H35N7O3/c1-19-23(16-36-3)8-9-26-25(19)10-11-27(26)40-34(44)29-14-28(38-18-39-29)33(43)37-15-21-6-7-22-5-4-12-41(17-24(22)13-21)31-20(2)32(42)30(31)35/h6-9,13-14,16,18,27H,2,4-5,10-12,15,17,35H2,1,3H3,(H,37,43)(H,40,44). The molecule has 224 valence electrons. The number of nitrogens with one attached hydrogen (secondary N) is 2. The summed E-state index contributed by atoms with van der Waals surface area (Å²) < 4.78 is 0. The molecule has 0 fully saturated rings. The summed E-state index contributed by atoms with van der Waals surface area (Å²) in [5.41, 5.74) is 15.6. The van der Waals surface area contributed by atoms with E-state index in [4.69, 9.17) is 5.73 Å². The number of Topliss-reactive ketones (excluding diaryl/α,β-unsaturated/α-hetero) is 1. The minimum Gasteiger partial charge on any atom is -0.394 e. The lowest BCUT2D eigenvalue weighted by Crippen LogP contribution is -2.38. The predicted octanol–water partition coefficient (Wildman–Crippen LogP) is 3.24. The number of aryl methyl sites for hydroxylation is 1. The molecule has 0 radical (unpaired) electrons. The highest BCUT2D eigenvalue weighted by atomic mass is 16.2. The van der Waals surface area contributed by atoms with Gasteiger partial charge in [-0.05, 0) is 71.6 Å². The molecule has 0 bridgehead atoms. The molecule has 1 unspecified atom stereocenters. The van der Waals surface area contributed by atoms with Crippen LogP contribution in [0.2, 0.25) is 0 Å². The number of carbonyl (C=O) groups is 3. The summed E-state index contributed by atoms with van der Waals surface area (Å²) in [6.07, 6.45) is 6.61. The molecule has 10 heteroatoms. The smallest absolute Gasteiger partial charge is 0.270 e. The molecule has 0 saturated carbocycles. The van der Waals surface area contributed by atoms with E-state index in [-0.39, 0.29) is 41.4 Å².